The molecule has 3 rings (SSSR count). The van der Waals surface area contributed by atoms with Gasteiger partial charge in [0.1, 0.15) is 11.3 Å². The largest absolute Gasteiger partial charge is 0.481 e. The summed E-state index contributed by atoms with van der Waals surface area (Å²) in [4.78, 5) is 28.8. The molecule has 1 fully saturated rings. The maximum absolute atomic E-state index is 12.9. The Balaban J connectivity index is 1.68. The van der Waals surface area contributed by atoms with Crippen molar-refractivity contribution in [2.24, 2.45) is 0 Å². The Hall–Kier alpha value is -2.38. The van der Waals surface area contributed by atoms with E-state index in [9.17, 15) is 9.59 Å². The van der Waals surface area contributed by atoms with Crippen LogP contribution in [0.3, 0.4) is 0 Å². The van der Waals surface area contributed by atoms with Crippen LogP contribution >= 0.6 is 0 Å². The first-order valence-corrected chi connectivity index (χ1v) is 10.4. The Kier molecular flexibility index (Phi) is 6.53. The number of amides is 1. The number of hydrogen-bond donors (Lipinski definition) is 0. The summed E-state index contributed by atoms with van der Waals surface area (Å²) in [7, 11) is 5.80. The number of carbonyl (C=O) groups excluding carboxylic acids is 1. The molecule has 0 radical (unpaired) electrons. The minimum Gasteiger partial charge on any atom is -0.481 e. The lowest BCUT2D eigenvalue weighted by atomic mass is 9.90. The molecule has 0 saturated carbocycles. The van der Waals surface area contributed by atoms with Crippen molar-refractivity contribution in [3.8, 4) is 5.75 Å². The molecular weight excluding hydrogens is 384 g/mol. The average Bonchev–Trinajstić information content (AvgIpc) is 2.71. The molecule has 0 N–H and O–H groups in total. The van der Waals surface area contributed by atoms with Crippen molar-refractivity contribution < 1.29 is 18.7 Å². The maximum atomic E-state index is 12.9. The van der Waals surface area contributed by atoms with Crippen LogP contribution in [0.25, 0.3) is 11.0 Å². The lowest BCUT2D eigenvalue weighted by molar-refractivity contribution is -0.144. The minimum absolute atomic E-state index is 0.0498. The second kappa shape index (κ2) is 8.78. The molecule has 0 aliphatic carbocycles. The number of likely N-dealkylation sites (tertiary alicyclic amines) is 1. The number of hydrogen-bond acceptors (Lipinski definition) is 6. The van der Waals surface area contributed by atoms with Crippen molar-refractivity contribution in [1.82, 2.24) is 9.80 Å². The van der Waals surface area contributed by atoms with Gasteiger partial charge in [-0.05, 0) is 65.4 Å². The Bertz CT molecular complexity index is 973. The molecule has 1 aromatic carbocycles. The third-order valence-corrected chi connectivity index (χ3v) is 6.11. The van der Waals surface area contributed by atoms with Gasteiger partial charge in [0.25, 0.3) is 5.91 Å². The average molecular weight is 417 g/mol. The Labute approximate surface area is 177 Å². The Morgan fingerprint density at radius 2 is 1.90 bits per heavy atom. The van der Waals surface area contributed by atoms with Gasteiger partial charge in [-0.1, -0.05) is 0 Å². The predicted octanol–water partition coefficient (Wildman–Crippen LogP) is 2.75. The van der Waals surface area contributed by atoms with Crippen molar-refractivity contribution in [1.29, 1.82) is 0 Å². The van der Waals surface area contributed by atoms with Crippen LogP contribution in [-0.2, 0) is 9.53 Å². The summed E-state index contributed by atoms with van der Waals surface area (Å²) >= 11 is 0. The van der Waals surface area contributed by atoms with E-state index in [0.29, 0.717) is 30.0 Å². The lowest BCUT2D eigenvalue weighted by Crippen LogP contribution is -2.54. The van der Waals surface area contributed by atoms with Gasteiger partial charge >= 0.3 is 5.63 Å². The molecule has 7 heteroatoms. The first-order valence-electron chi connectivity index (χ1n) is 10.4. The Morgan fingerprint density at radius 3 is 2.50 bits per heavy atom. The third kappa shape index (κ3) is 4.52. The quantitative estimate of drug-likeness (QED) is 0.675. The highest BCUT2D eigenvalue weighted by Gasteiger charge is 2.37. The molecule has 2 aromatic rings. The normalized spacial score (nSPS) is 17.4. The van der Waals surface area contributed by atoms with Gasteiger partial charge in [0, 0.05) is 43.8 Å². The molecule has 0 spiro atoms. The minimum atomic E-state index is -0.635. The van der Waals surface area contributed by atoms with Crippen LogP contribution in [0.2, 0.25) is 0 Å². The first-order chi connectivity index (χ1) is 14.2. The SMILES string of the molecule is COC1(CN(C)C)CCN(C(=O)C(C)Oc2ccc3c(C)c(C)c(=O)oc3c2)CC1. The summed E-state index contributed by atoms with van der Waals surface area (Å²) in [6, 6.07) is 5.35. The highest BCUT2D eigenvalue weighted by Crippen LogP contribution is 2.28. The third-order valence-electron chi connectivity index (χ3n) is 6.11. The van der Waals surface area contributed by atoms with E-state index in [2.05, 4.69) is 4.90 Å². The van der Waals surface area contributed by atoms with Crippen molar-refractivity contribution in [3.05, 3.63) is 39.7 Å². The molecule has 164 valence electrons. The zero-order chi connectivity index (χ0) is 22.1. The van der Waals surface area contributed by atoms with Crippen molar-refractivity contribution in [2.75, 3.05) is 40.8 Å². The van der Waals surface area contributed by atoms with Crippen LogP contribution in [0.5, 0.6) is 5.75 Å². The highest BCUT2D eigenvalue weighted by atomic mass is 16.5. The fraction of sp³-hybridized carbons (Fsp3) is 0.565. The second-order valence-electron chi connectivity index (χ2n) is 8.51. The van der Waals surface area contributed by atoms with Crippen molar-refractivity contribution >= 4 is 16.9 Å². The number of fused-ring (bicyclic) bond motifs is 1. The maximum Gasteiger partial charge on any atom is 0.339 e. The molecule has 1 atom stereocenters. The Morgan fingerprint density at radius 1 is 1.23 bits per heavy atom. The van der Waals surface area contributed by atoms with E-state index in [4.69, 9.17) is 13.9 Å². The molecule has 1 saturated heterocycles. The summed E-state index contributed by atoms with van der Waals surface area (Å²) in [6.07, 6.45) is 0.949. The van der Waals surface area contributed by atoms with Crippen LogP contribution in [-0.4, -0.2) is 68.3 Å². The number of nitrogens with zero attached hydrogens (tertiary/aromatic N) is 2. The standard InChI is InChI=1S/C23H32N2O5/c1-15-16(2)22(27)30-20-13-18(7-8-19(15)20)29-17(3)21(26)25-11-9-23(28-6,10-12-25)14-24(4)5/h7-8,13,17H,9-12,14H2,1-6H3. The van der Waals surface area contributed by atoms with E-state index in [1.165, 1.54) is 0 Å². The molecule has 30 heavy (non-hydrogen) atoms. The summed E-state index contributed by atoms with van der Waals surface area (Å²) in [5.41, 5.74) is 1.40. The number of piperidine rings is 1. The van der Waals surface area contributed by atoms with Gasteiger partial charge in [0.15, 0.2) is 6.10 Å². The van der Waals surface area contributed by atoms with Gasteiger partial charge < -0.3 is 23.7 Å². The van der Waals surface area contributed by atoms with Crippen LogP contribution in [0.1, 0.15) is 30.9 Å². The summed E-state index contributed by atoms with van der Waals surface area (Å²) in [6.45, 7) is 7.51. The van der Waals surface area contributed by atoms with Crippen LogP contribution in [0.4, 0.5) is 0 Å². The molecule has 1 aliphatic rings. The summed E-state index contributed by atoms with van der Waals surface area (Å²) < 4.78 is 17.1. The van der Waals surface area contributed by atoms with E-state index in [1.807, 2.05) is 38.1 Å². The molecule has 1 amide bonds. The number of benzene rings is 1. The number of rotatable bonds is 6. The smallest absolute Gasteiger partial charge is 0.339 e. The molecule has 1 unspecified atom stereocenters. The highest BCUT2D eigenvalue weighted by molar-refractivity contribution is 5.83. The lowest BCUT2D eigenvalue weighted by Gasteiger charge is -2.42. The predicted molar refractivity (Wildman–Crippen MR) is 116 cm³/mol. The first kappa shape index (κ1) is 22.3. The van der Waals surface area contributed by atoms with E-state index < -0.39 is 6.10 Å². The summed E-state index contributed by atoms with van der Waals surface area (Å²) in [5, 5.41) is 0.867. The van der Waals surface area contributed by atoms with Gasteiger partial charge in [-0.15, -0.1) is 0 Å². The van der Waals surface area contributed by atoms with Crippen molar-refractivity contribution in [2.45, 2.75) is 45.3 Å². The van der Waals surface area contributed by atoms with Crippen LogP contribution < -0.4 is 10.4 Å². The van der Waals surface area contributed by atoms with Gasteiger partial charge in [-0.25, -0.2) is 4.79 Å². The fourth-order valence-electron chi connectivity index (χ4n) is 4.15. The van der Waals surface area contributed by atoms with E-state index in [1.54, 1.807) is 27.0 Å². The number of methoxy groups -OCH3 is 1. The molecular formula is C23H32N2O5. The zero-order valence-corrected chi connectivity index (χ0v) is 18.8. The molecule has 1 aliphatic heterocycles. The monoisotopic (exact) mass is 416 g/mol. The topological polar surface area (TPSA) is 72.2 Å². The number of aryl methyl sites for hydroxylation is 1. The zero-order valence-electron chi connectivity index (χ0n) is 18.8. The van der Waals surface area contributed by atoms with E-state index in [-0.39, 0.29) is 17.1 Å². The van der Waals surface area contributed by atoms with Gasteiger partial charge in [0.2, 0.25) is 0 Å². The van der Waals surface area contributed by atoms with E-state index in [0.717, 1.165) is 30.3 Å². The molecule has 7 nitrogen and oxygen atoms in total. The summed E-state index contributed by atoms with van der Waals surface area (Å²) in [5.74, 6) is 0.455. The molecule has 0 bridgehead atoms. The van der Waals surface area contributed by atoms with Gasteiger partial charge in [-0.2, -0.15) is 0 Å². The van der Waals surface area contributed by atoms with E-state index >= 15 is 0 Å². The van der Waals surface area contributed by atoms with Crippen LogP contribution in [0, 0.1) is 13.8 Å². The number of carbonyl (C=O) groups is 1. The molecule has 2 heterocycles. The van der Waals surface area contributed by atoms with Crippen LogP contribution in [0.15, 0.2) is 27.4 Å². The van der Waals surface area contributed by atoms with Gasteiger partial charge in [0.05, 0.1) is 5.60 Å². The van der Waals surface area contributed by atoms with Crippen molar-refractivity contribution in [3.63, 3.8) is 0 Å². The second-order valence-corrected chi connectivity index (χ2v) is 8.51. The number of likely N-dealkylation sites (N-methyl/N-ethyl adjacent to an activating group) is 1. The number of ether oxygens (including phenoxy) is 2. The fourth-order valence-corrected chi connectivity index (χ4v) is 4.15. The van der Waals surface area contributed by atoms with Gasteiger partial charge in [-0.3, -0.25) is 4.79 Å². The molecule has 1 aromatic heterocycles.